The Hall–Kier alpha value is -1.62. The molecule has 0 aliphatic rings. The summed E-state index contributed by atoms with van der Waals surface area (Å²) in [4.78, 5) is 2.30. The largest absolute Gasteiger partial charge is 0.467 e. The molecule has 0 aliphatic heterocycles. The molecule has 2 atom stereocenters. The highest BCUT2D eigenvalue weighted by molar-refractivity contribution is 5.14. The molecule has 0 amide bonds. The van der Waals surface area contributed by atoms with Crippen molar-refractivity contribution < 1.29 is 14.3 Å². The number of nitrogens with zero attached hydrogens (tertiary/aromatic N) is 1. The maximum Gasteiger partial charge on any atom is 0.129 e. The lowest BCUT2D eigenvalue weighted by Crippen LogP contribution is -2.39. The number of benzene rings is 1. The highest BCUT2D eigenvalue weighted by Crippen LogP contribution is 2.12. The van der Waals surface area contributed by atoms with Gasteiger partial charge in [0, 0.05) is 19.1 Å². The van der Waals surface area contributed by atoms with E-state index < -0.39 is 6.10 Å². The van der Waals surface area contributed by atoms with E-state index in [9.17, 15) is 5.11 Å². The minimum Gasteiger partial charge on any atom is -0.467 e. The Kier molecular flexibility index (Phi) is 7.33. The topological polar surface area (TPSA) is 45.8 Å². The van der Waals surface area contributed by atoms with Gasteiger partial charge in [0.2, 0.25) is 0 Å². The summed E-state index contributed by atoms with van der Waals surface area (Å²) >= 11 is 0. The van der Waals surface area contributed by atoms with Gasteiger partial charge in [-0.2, -0.15) is 0 Å². The molecule has 0 saturated carbocycles. The number of ether oxygens (including phenoxy) is 1. The van der Waals surface area contributed by atoms with Crippen LogP contribution in [0.3, 0.4) is 0 Å². The van der Waals surface area contributed by atoms with E-state index >= 15 is 0 Å². The number of aliphatic hydroxyl groups excluding tert-OH is 1. The number of rotatable bonds is 10. The molecule has 0 fully saturated rings. The highest BCUT2D eigenvalue weighted by Gasteiger charge is 2.17. The fourth-order valence-electron chi connectivity index (χ4n) is 2.49. The van der Waals surface area contributed by atoms with Crippen molar-refractivity contribution in [3.8, 4) is 0 Å². The second kappa shape index (κ2) is 9.50. The van der Waals surface area contributed by atoms with Crippen LogP contribution in [0.5, 0.6) is 0 Å². The minimum atomic E-state index is -0.511. The summed E-state index contributed by atoms with van der Waals surface area (Å²) < 4.78 is 10.7. The van der Waals surface area contributed by atoms with Crippen molar-refractivity contribution in [2.45, 2.75) is 45.6 Å². The number of hydrogen-bond acceptors (Lipinski definition) is 4. The van der Waals surface area contributed by atoms with Crippen molar-refractivity contribution in [2.24, 2.45) is 0 Å². The molecule has 0 bridgehead atoms. The van der Waals surface area contributed by atoms with Crippen molar-refractivity contribution in [2.75, 3.05) is 13.2 Å². The normalized spacial score (nSPS) is 14.1. The highest BCUT2D eigenvalue weighted by atomic mass is 16.5. The van der Waals surface area contributed by atoms with Crippen LogP contribution in [0.2, 0.25) is 0 Å². The summed E-state index contributed by atoms with van der Waals surface area (Å²) in [6, 6.07) is 14.5. The smallest absolute Gasteiger partial charge is 0.129 e. The van der Waals surface area contributed by atoms with E-state index in [1.165, 1.54) is 5.56 Å². The number of hydrogen-bond donors (Lipinski definition) is 1. The predicted molar refractivity (Wildman–Crippen MR) is 91.0 cm³/mol. The first-order valence-corrected chi connectivity index (χ1v) is 8.25. The van der Waals surface area contributed by atoms with Crippen LogP contribution >= 0.6 is 0 Å². The average Bonchev–Trinajstić information content (AvgIpc) is 3.08. The first-order chi connectivity index (χ1) is 11.2. The first-order valence-electron chi connectivity index (χ1n) is 8.25. The lowest BCUT2D eigenvalue weighted by atomic mass is 10.1. The summed E-state index contributed by atoms with van der Waals surface area (Å²) in [6.07, 6.45) is 2.16. The number of aliphatic hydroxyl groups is 1. The third-order valence-corrected chi connectivity index (χ3v) is 4.02. The van der Waals surface area contributed by atoms with E-state index in [-0.39, 0.29) is 0 Å². The summed E-state index contributed by atoms with van der Waals surface area (Å²) in [7, 11) is 0. The Bertz CT molecular complexity index is 527. The molecule has 1 aromatic heterocycles. The quantitative estimate of drug-likeness (QED) is 0.729. The van der Waals surface area contributed by atoms with E-state index in [4.69, 9.17) is 9.15 Å². The molecule has 4 heteroatoms. The Morgan fingerprint density at radius 2 is 1.96 bits per heavy atom. The zero-order valence-electron chi connectivity index (χ0n) is 14.0. The SMILES string of the molecule is CC[C@H](C)N(Cc1ccccc1)C[C@H](O)COCc1ccco1. The Balaban J connectivity index is 1.81. The van der Waals surface area contributed by atoms with E-state index in [1.54, 1.807) is 6.26 Å². The molecule has 0 radical (unpaired) electrons. The van der Waals surface area contributed by atoms with Gasteiger partial charge in [0.05, 0.1) is 19.0 Å². The second-order valence-electron chi connectivity index (χ2n) is 5.92. The molecule has 1 N–H and O–H groups in total. The fraction of sp³-hybridized carbons (Fsp3) is 0.474. The van der Waals surface area contributed by atoms with Crippen LogP contribution in [-0.4, -0.2) is 35.3 Å². The van der Waals surface area contributed by atoms with Crippen molar-refractivity contribution in [1.82, 2.24) is 4.90 Å². The molecule has 1 heterocycles. The second-order valence-corrected chi connectivity index (χ2v) is 5.92. The van der Waals surface area contributed by atoms with Gasteiger partial charge in [-0.05, 0) is 31.0 Å². The minimum absolute atomic E-state index is 0.308. The summed E-state index contributed by atoms with van der Waals surface area (Å²) in [6.45, 7) is 6.50. The lowest BCUT2D eigenvalue weighted by molar-refractivity contribution is -0.00271. The molecule has 2 rings (SSSR count). The molecule has 1 aromatic carbocycles. The molecule has 4 nitrogen and oxygen atoms in total. The van der Waals surface area contributed by atoms with E-state index in [0.717, 1.165) is 18.7 Å². The van der Waals surface area contributed by atoms with Gasteiger partial charge < -0.3 is 14.3 Å². The van der Waals surface area contributed by atoms with Crippen LogP contribution in [0.25, 0.3) is 0 Å². The average molecular weight is 317 g/mol. The van der Waals surface area contributed by atoms with E-state index in [2.05, 4.69) is 30.9 Å². The van der Waals surface area contributed by atoms with Gasteiger partial charge in [0.15, 0.2) is 0 Å². The van der Waals surface area contributed by atoms with Crippen LogP contribution < -0.4 is 0 Å². The van der Waals surface area contributed by atoms with E-state index in [1.807, 2.05) is 30.3 Å². The van der Waals surface area contributed by atoms with Crippen molar-refractivity contribution in [3.05, 3.63) is 60.1 Å². The number of furan rings is 1. The summed E-state index contributed by atoms with van der Waals surface area (Å²) in [5.41, 5.74) is 1.26. The molecule has 0 unspecified atom stereocenters. The first kappa shape index (κ1) is 17.7. The van der Waals surface area contributed by atoms with Gasteiger partial charge in [-0.25, -0.2) is 0 Å². The summed E-state index contributed by atoms with van der Waals surface area (Å²) in [5, 5.41) is 10.3. The van der Waals surface area contributed by atoms with Crippen LogP contribution in [0.4, 0.5) is 0 Å². The molecular weight excluding hydrogens is 290 g/mol. The van der Waals surface area contributed by atoms with Gasteiger partial charge in [0.25, 0.3) is 0 Å². The fourth-order valence-corrected chi connectivity index (χ4v) is 2.49. The van der Waals surface area contributed by atoms with Crippen LogP contribution in [0.15, 0.2) is 53.1 Å². The van der Waals surface area contributed by atoms with E-state index in [0.29, 0.717) is 25.8 Å². The van der Waals surface area contributed by atoms with Gasteiger partial charge >= 0.3 is 0 Å². The standard InChI is InChI=1S/C19H27NO3/c1-3-16(2)20(12-17-8-5-4-6-9-17)13-18(21)14-22-15-19-10-7-11-23-19/h4-11,16,18,21H,3,12-15H2,1-2H3/t16-,18-/m0/s1. The Labute approximate surface area is 138 Å². The van der Waals surface area contributed by atoms with Crippen LogP contribution in [-0.2, 0) is 17.9 Å². The van der Waals surface area contributed by atoms with Gasteiger partial charge in [0.1, 0.15) is 12.4 Å². The maximum atomic E-state index is 10.3. The van der Waals surface area contributed by atoms with Crippen molar-refractivity contribution in [3.63, 3.8) is 0 Å². The Morgan fingerprint density at radius 3 is 2.61 bits per heavy atom. The zero-order valence-corrected chi connectivity index (χ0v) is 14.0. The third kappa shape index (κ3) is 6.18. The molecule has 2 aromatic rings. The summed E-state index contributed by atoms with van der Waals surface area (Å²) in [5.74, 6) is 0.778. The molecule has 0 aliphatic carbocycles. The molecular formula is C19H27NO3. The van der Waals surface area contributed by atoms with Crippen molar-refractivity contribution in [1.29, 1.82) is 0 Å². The predicted octanol–water partition coefficient (Wildman–Crippen LogP) is 3.46. The Morgan fingerprint density at radius 1 is 1.17 bits per heavy atom. The lowest BCUT2D eigenvalue weighted by Gasteiger charge is -2.30. The van der Waals surface area contributed by atoms with Gasteiger partial charge in [-0.15, -0.1) is 0 Å². The molecule has 23 heavy (non-hydrogen) atoms. The van der Waals surface area contributed by atoms with Gasteiger partial charge in [-0.1, -0.05) is 37.3 Å². The molecule has 126 valence electrons. The van der Waals surface area contributed by atoms with Crippen LogP contribution in [0.1, 0.15) is 31.6 Å². The zero-order chi connectivity index (χ0) is 16.5. The molecule has 0 saturated heterocycles. The molecule has 0 spiro atoms. The third-order valence-electron chi connectivity index (χ3n) is 4.02. The monoisotopic (exact) mass is 317 g/mol. The van der Waals surface area contributed by atoms with Crippen LogP contribution in [0, 0.1) is 0 Å². The maximum absolute atomic E-state index is 10.3. The van der Waals surface area contributed by atoms with Gasteiger partial charge in [-0.3, -0.25) is 4.90 Å². The van der Waals surface area contributed by atoms with Crippen molar-refractivity contribution >= 4 is 0 Å².